The molecule has 5 rings (SSSR count). The first-order chi connectivity index (χ1) is 20.6. The molecule has 0 unspecified atom stereocenters. The van der Waals surface area contributed by atoms with Gasteiger partial charge in [0.25, 0.3) is 5.56 Å². The summed E-state index contributed by atoms with van der Waals surface area (Å²) in [5.41, 5.74) is 3.43. The minimum atomic E-state index is -0.647. The van der Waals surface area contributed by atoms with Crippen molar-refractivity contribution in [1.29, 1.82) is 0 Å². The van der Waals surface area contributed by atoms with E-state index in [4.69, 9.17) is 0 Å². The highest BCUT2D eigenvalue weighted by Crippen LogP contribution is 2.25. The molecule has 0 aliphatic carbocycles. The Morgan fingerprint density at radius 2 is 1.60 bits per heavy atom. The van der Waals surface area contributed by atoms with E-state index < -0.39 is 11.6 Å². The van der Waals surface area contributed by atoms with Crippen LogP contribution in [-0.2, 0) is 37.1 Å². The third kappa shape index (κ3) is 7.61. The minimum Gasteiger partial charge on any atom is -0.340 e. The van der Waals surface area contributed by atoms with Crippen molar-refractivity contribution in [2.24, 2.45) is 7.05 Å². The Kier molecular flexibility index (Phi) is 9.10. The lowest BCUT2D eigenvalue weighted by atomic mass is 10.0. The molecule has 0 saturated carbocycles. The molecule has 1 amide bonds. The second-order valence-electron chi connectivity index (χ2n) is 10.2. The molecule has 0 N–H and O–H groups in total. The Balaban J connectivity index is 1.33. The normalized spacial score (nSPS) is 11.1. The van der Waals surface area contributed by atoms with E-state index in [2.05, 4.69) is 10.1 Å². The fourth-order valence-corrected chi connectivity index (χ4v) is 5.44. The van der Waals surface area contributed by atoms with Crippen LogP contribution in [0.15, 0.2) is 95.3 Å². The molecule has 0 saturated heterocycles. The van der Waals surface area contributed by atoms with Gasteiger partial charge in [-0.1, -0.05) is 48.2 Å². The Morgan fingerprint density at radius 1 is 0.907 bits per heavy atom. The predicted octanol–water partition coefficient (Wildman–Crippen LogP) is 5.60. The standard InChI is InChI=1S/C32H28F3N5O2S/c1-38(16-21-3-7-24(8-4-21)28-12-11-27(34)14-29(28)35)30(41)19-40-18-25(13-23-15-36-39(2)17-23)31(42)37-32(40)43-20-22-5-9-26(33)10-6-22/h3-12,14-15,17-18H,13,16,19-20H2,1-2H3. The highest BCUT2D eigenvalue weighted by atomic mass is 32.2. The van der Waals surface area contributed by atoms with E-state index in [1.165, 1.54) is 36.0 Å². The number of hydrogen-bond acceptors (Lipinski definition) is 5. The number of rotatable bonds is 10. The smallest absolute Gasteiger partial charge is 0.277 e. The van der Waals surface area contributed by atoms with Gasteiger partial charge in [-0.2, -0.15) is 10.1 Å². The van der Waals surface area contributed by atoms with Crippen molar-refractivity contribution in [3.8, 4) is 11.1 Å². The molecule has 5 aromatic rings. The van der Waals surface area contributed by atoms with Crippen molar-refractivity contribution in [2.45, 2.75) is 30.4 Å². The van der Waals surface area contributed by atoms with E-state index in [1.807, 2.05) is 6.20 Å². The van der Waals surface area contributed by atoms with E-state index >= 15 is 0 Å². The van der Waals surface area contributed by atoms with E-state index in [-0.39, 0.29) is 29.4 Å². The first kappa shape index (κ1) is 29.8. The Hall–Kier alpha value is -4.64. The lowest BCUT2D eigenvalue weighted by molar-refractivity contribution is -0.131. The van der Waals surface area contributed by atoms with Gasteiger partial charge in [-0.05, 0) is 46.5 Å². The lowest BCUT2D eigenvalue weighted by Gasteiger charge is -2.20. The van der Waals surface area contributed by atoms with E-state index in [0.717, 1.165) is 22.8 Å². The zero-order valence-electron chi connectivity index (χ0n) is 23.5. The summed E-state index contributed by atoms with van der Waals surface area (Å²) < 4.78 is 44.2. The van der Waals surface area contributed by atoms with Crippen molar-refractivity contribution in [2.75, 3.05) is 7.05 Å². The van der Waals surface area contributed by atoms with Crippen LogP contribution in [0.5, 0.6) is 0 Å². The topological polar surface area (TPSA) is 73.0 Å². The Labute approximate surface area is 250 Å². The molecular weight excluding hydrogens is 575 g/mol. The quantitative estimate of drug-likeness (QED) is 0.154. The van der Waals surface area contributed by atoms with Crippen LogP contribution >= 0.6 is 11.8 Å². The third-order valence-corrected chi connectivity index (χ3v) is 7.87. The Bertz CT molecular complexity index is 1800. The highest BCUT2D eigenvalue weighted by molar-refractivity contribution is 7.98. The number of amides is 1. The van der Waals surface area contributed by atoms with Crippen molar-refractivity contribution < 1.29 is 18.0 Å². The van der Waals surface area contributed by atoms with Crippen molar-refractivity contribution in [1.82, 2.24) is 24.2 Å². The fourth-order valence-electron chi connectivity index (χ4n) is 4.52. The van der Waals surface area contributed by atoms with Gasteiger partial charge in [0.2, 0.25) is 5.91 Å². The number of hydrogen-bond donors (Lipinski definition) is 0. The third-order valence-electron chi connectivity index (χ3n) is 6.81. The van der Waals surface area contributed by atoms with Gasteiger partial charge in [-0.15, -0.1) is 0 Å². The van der Waals surface area contributed by atoms with Gasteiger partial charge < -0.3 is 9.47 Å². The number of aryl methyl sites for hydroxylation is 1. The summed E-state index contributed by atoms with van der Waals surface area (Å²) in [6.45, 7) is 0.230. The molecule has 2 aromatic heterocycles. The molecule has 0 atom stereocenters. The van der Waals surface area contributed by atoms with Crippen LogP contribution in [-0.4, -0.2) is 37.2 Å². The van der Waals surface area contributed by atoms with Crippen LogP contribution in [0.25, 0.3) is 11.1 Å². The maximum atomic E-state index is 14.2. The monoisotopic (exact) mass is 603 g/mol. The Morgan fingerprint density at radius 3 is 2.28 bits per heavy atom. The van der Waals surface area contributed by atoms with E-state index in [1.54, 1.807) is 77.0 Å². The summed E-state index contributed by atoms with van der Waals surface area (Å²) in [5.74, 6) is -1.41. The number of aromatic nitrogens is 4. The molecular formula is C32H28F3N5O2S. The number of thioether (sulfide) groups is 1. The van der Waals surface area contributed by atoms with Crippen LogP contribution in [0.2, 0.25) is 0 Å². The van der Waals surface area contributed by atoms with Crippen molar-refractivity contribution in [3.63, 3.8) is 0 Å². The minimum absolute atomic E-state index is 0.0611. The second kappa shape index (κ2) is 13.1. The number of halogens is 3. The van der Waals surface area contributed by atoms with Gasteiger partial charge in [0.15, 0.2) is 5.16 Å². The number of likely N-dealkylation sites (N-methyl/N-ethyl adjacent to an activating group) is 1. The molecule has 0 bridgehead atoms. The zero-order chi connectivity index (χ0) is 30.5. The van der Waals surface area contributed by atoms with Gasteiger partial charge in [0, 0.05) is 62.4 Å². The lowest BCUT2D eigenvalue weighted by Crippen LogP contribution is -2.31. The number of carbonyl (C=O) groups excluding carboxylic acids is 1. The number of carbonyl (C=O) groups is 1. The predicted molar refractivity (Wildman–Crippen MR) is 159 cm³/mol. The SMILES string of the molecule is CN(Cc1ccc(-c2ccc(F)cc2F)cc1)C(=O)Cn1cc(Cc2cnn(C)c2)c(=O)nc1SCc1ccc(F)cc1. The van der Waals surface area contributed by atoms with Crippen LogP contribution in [0.1, 0.15) is 22.3 Å². The molecule has 220 valence electrons. The molecule has 0 aliphatic heterocycles. The van der Waals surface area contributed by atoms with Gasteiger partial charge in [0.1, 0.15) is 24.0 Å². The maximum absolute atomic E-state index is 14.2. The fraction of sp³-hybridized carbons (Fsp3) is 0.188. The maximum Gasteiger partial charge on any atom is 0.277 e. The van der Waals surface area contributed by atoms with Crippen molar-refractivity contribution >= 4 is 17.7 Å². The molecule has 0 spiro atoms. The average Bonchev–Trinajstić information content (AvgIpc) is 3.39. The highest BCUT2D eigenvalue weighted by Gasteiger charge is 2.17. The van der Waals surface area contributed by atoms with Gasteiger partial charge in [0.05, 0.1) is 6.20 Å². The molecule has 2 heterocycles. The second-order valence-corrected chi connectivity index (χ2v) is 11.1. The first-order valence-electron chi connectivity index (χ1n) is 13.4. The zero-order valence-corrected chi connectivity index (χ0v) is 24.3. The van der Waals surface area contributed by atoms with Crippen LogP contribution < -0.4 is 5.56 Å². The van der Waals surface area contributed by atoms with Crippen LogP contribution in [0.4, 0.5) is 13.2 Å². The summed E-state index contributed by atoms with van der Waals surface area (Å²) in [5, 5.41) is 4.53. The summed E-state index contributed by atoms with van der Waals surface area (Å²) in [7, 11) is 3.46. The van der Waals surface area contributed by atoms with Crippen molar-refractivity contribution in [3.05, 3.63) is 135 Å². The number of benzene rings is 3. The van der Waals surface area contributed by atoms with E-state index in [9.17, 15) is 22.8 Å². The van der Waals surface area contributed by atoms with Gasteiger partial charge in [-0.25, -0.2) is 13.2 Å². The van der Waals surface area contributed by atoms with Crippen LogP contribution in [0.3, 0.4) is 0 Å². The van der Waals surface area contributed by atoms with Crippen LogP contribution in [0, 0.1) is 17.5 Å². The molecule has 0 aliphatic rings. The first-order valence-corrected chi connectivity index (χ1v) is 14.4. The molecule has 43 heavy (non-hydrogen) atoms. The largest absolute Gasteiger partial charge is 0.340 e. The van der Waals surface area contributed by atoms with Gasteiger partial charge >= 0.3 is 0 Å². The summed E-state index contributed by atoms with van der Waals surface area (Å²) >= 11 is 1.29. The van der Waals surface area contributed by atoms with E-state index in [0.29, 0.717) is 35.0 Å². The summed E-state index contributed by atoms with van der Waals surface area (Å²) in [6, 6.07) is 16.5. The molecule has 0 fully saturated rings. The molecule has 11 heteroatoms. The molecule has 7 nitrogen and oxygen atoms in total. The molecule has 0 radical (unpaired) electrons. The summed E-state index contributed by atoms with van der Waals surface area (Å²) in [6.07, 6.45) is 5.46. The molecule has 3 aromatic carbocycles. The number of nitrogens with zero attached hydrogens (tertiary/aromatic N) is 5. The summed E-state index contributed by atoms with van der Waals surface area (Å²) in [4.78, 5) is 32.1. The average molecular weight is 604 g/mol. The van der Waals surface area contributed by atoms with Gasteiger partial charge in [-0.3, -0.25) is 14.3 Å².